The average molecular weight is 266 g/mol. The summed E-state index contributed by atoms with van der Waals surface area (Å²) in [5.41, 5.74) is 0. The third kappa shape index (κ3) is 2.58. The molecule has 1 N–H and O–H groups in total. The van der Waals surface area contributed by atoms with Crippen molar-refractivity contribution in [3.63, 3.8) is 0 Å². The molecule has 0 spiro atoms. The van der Waals surface area contributed by atoms with Gasteiger partial charge in [-0.25, -0.2) is 4.98 Å². The van der Waals surface area contributed by atoms with E-state index in [0.717, 1.165) is 23.0 Å². The number of aryl methyl sites for hydroxylation is 1. The second-order valence-electron chi connectivity index (χ2n) is 4.19. The molecule has 96 valence electrons. The third-order valence-corrected chi connectivity index (χ3v) is 3.64. The van der Waals surface area contributed by atoms with Gasteiger partial charge < -0.3 is 14.6 Å². The number of nitrogens with zero attached hydrogens (tertiary/aromatic N) is 3. The van der Waals surface area contributed by atoms with Crippen molar-refractivity contribution in [2.75, 3.05) is 19.8 Å². The molecule has 0 radical (unpaired) electrons. The SMILES string of the molecule is Cc1ncc(-c2noc(CC3COCCN3)n2)s1. The van der Waals surface area contributed by atoms with Crippen molar-refractivity contribution in [1.82, 2.24) is 20.4 Å². The molecular weight excluding hydrogens is 252 g/mol. The van der Waals surface area contributed by atoms with Gasteiger partial charge >= 0.3 is 0 Å². The molecule has 0 aliphatic carbocycles. The van der Waals surface area contributed by atoms with Gasteiger partial charge in [-0.1, -0.05) is 5.16 Å². The van der Waals surface area contributed by atoms with Crippen LogP contribution >= 0.6 is 11.3 Å². The number of rotatable bonds is 3. The van der Waals surface area contributed by atoms with Crippen molar-refractivity contribution in [2.45, 2.75) is 19.4 Å². The average Bonchev–Trinajstić information content (AvgIpc) is 2.99. The third-order valence-electron chi connectivity index (χ3n) is 2.73. The standard InChI is InChI=1S/C11H14N4O2S/c1-7-13-5-9(18-7)11-14-10(17-15-11)4-8-6-16-3-2-12-8/h5,8,12H,2-4,6H2,1H3. The van der Waals surface area contributed by atoms with Gasteiger partial charge in [0.2, 0.25) is 11.7 Å². The van der Waals surface area contributed by atoms with Crippen LogP contribution in [0.1, 0.15) is 10.9 Å². The smallest absolute Gasteiger partial charge is 0.228 e. The molecule has 18 heavy (non-hydrogen) atoms. The van der Waals surface area contributed by atoms with Crippen LogP contribution in [0.25, 0.3) is 10.7 Å². The molecule has 3 rings (SSSR count). The highest BCUT2D eigenvalue weighted by Gasteiger charge is 2.18. The van der Waals surface area contributed by atoms with Crippen molar-refractivity contribution < 1.29 is 9.26 Å². The Hall–Kier alpha value is -1.31. The Kier molecular flexibility index (Phi) is 3.35. The Morgan fingerprint density at radius 1 is 1.56 bits per heavy atom. The summed E-state index contributed by atoms with van der Waals surface area (Å²) in [5, 5.41) is 8.34. The molecule has 1 fully saturated rings. The van der Waals surface area contributed by atoms with E-state index in [0.29, 0.717) is 24.7 Å². The number of nitrogens with one attached hydrogen (secondary N) is 1. The lowest BCUT2D eigenvalue weighted by Crippen LogP contribution is -2.42. The second-order valence-corrected chi connectivity index (χ2v) is 5.42. The largest absolute Gasteiger partial charge is 0.378 e. The van der Waals surface area contributed by atoms with E-state index >= 15 is 0 Å². The lowest BCUT2D eigenvalue weighted by Gasteiger charge is -2.22. The van der Waals surface area contributed by atoms with Crippen molar-refractivity contribution >= 4 is 11.3 Å². The minimum absolute atomic E-state index is 0.259. The van der Waals surface area contributed by atoms with E-state index in [2.05, 4.69) is 20.4 Å². The molecule has 1 unspecified atom stereocenters. The molecule has 2 aromatic heterocycles. The number of ether oxygens (including phenoxy) is 1. The summed E-state index contributed by atoms with van der Waals surface area (Å²) < 4.78 is 10.6. The summed E-state index contributed by atoms with van der Waals surface area (Å²) in [6, 6.07) is 0.259. The van der Waals surface area contributed by atoms with Gasteiger partial charge in [-0.2, -0.15) is 4.98 Å². The Morgan fingerprint density at radius 3 is 3.22 bits per heavy atom. The molecule has 1 atom stereocenters. The fourth-order valence-corrected chi connectivity index (χ4v) is 2.57. The normalized spacial score (nSPS) is 20.2. The van der Waals surface area contributed by atoms with Crippen LogP contribution in [0.15, 0.2) is 10.7 Å². The summed E-state index contributed by atoms with van der Waals surface area (Å²) in [4.78, 5) is 9.51. The van der Waals surface area contributed by atoms with Gasteiger partial charge in [0.05, 0.1) is 23.1 Å². The zero-order valence-corrected chi connectivity index (χ0v) is 10.9. The number of thiazole rings is 1. The fourth-order valence-electron chi connectivity index (χ4n) is 1.86. The maximum absolute atomic E-state index is 5.39. The van der Waals surface area contributed by atoms with Gasteiger partial charge in [0.25, 0.3) is 0 Å². The first-order chi connectivity index (χ1) is 8.81. The van der Waals surface area contributed by atoms with Crippen LogP contribution < -0.4 is 5.32 Å². The van der Waals surface area contributed by atoms with Crippen LogP contribution in [0.4, 0.5) is 0 Å². The lowest BCUT2D eigenvalue weighted by molar-refractivity contribution is 0.0744. The number of hydrogen-bond acceptors (Lipinski definition) is 7. The highest BCUT2D eigenvalue weighted by Crippen LogP contribution is 2.23. The van der Waals surface area contributed by atoms with E-state index in [4.69, 9.17) is 9.26 Å². The Balaban J connectivity index is 1.69. The molecule has 0 amide bonds. The molecule has 3 heterocycles. The highest BCUT2D eigenvalue weighted by atomic mass is 32.1. The predicted octanol–water partition coefficient (Wildman–Crippen LogP) is 1.03. The molecule has 0 bridgehead atoms. The van der Waals surface area contributed by atoms with E-state index in [-0.39, 0.29) is 6.04 Å². The van der Waals surface area contributed by atoms with Crippen LogP contribution in [-0.2, 0) is 11.2 Å². The number of morpholine rings is 1. The van der Waals surface area contributed by atoms with E-state index in [1.54, 1.807) is 17.5 Å². The quantitative estimate of drug-likeness (QED) is 0.894. The summed E-state index contributed by atoms with van der Waals surface area (Å²) in [6.45, 7) is 4.29. The topological polar surface area (TPSA) is 73.1 Å². The van der Waals surface area contributed by atoms with Crippen LogP contribution in [0, 0.1) is 6.92 Å². The van der Waals surface area contributed by atoms with Crippen LogP contribution in [0.5, 0.6) is 0 Å². The minimum Gasteiger partial charge on any atom is -0.378 e. The predicted molar refractivity (Wildman–Crippen MR) is 66.5 cm³/mol. The van der Waals surface area contributed by atoms with Gasteiger partial charge in [-0.15, -0.1) is 11.3 Å². The first-order valence-electron chi connectivity index (χ1n) is 5.88. The van der Waals surface area contributed by atoms with Crippen LogP contribution in [0.3, 0.4) is 0 Å². The summed E-state index contributed by atoms with van der Waals surface area (Å²) in [6.07, 6.45) is 2.47. The second kappa shape index (κ2) is 5.13. The summed E-state index contributed by atoms with van der Waals surface area (Å²) >= 11 is 1.56. The molecule has 0 saturated carbocycles. The molecule has 7 heteroatoms. The van der Waals surface area contributed by atoms with Crippen molar-refractivity contribution in [1.29, 1.82) is 0 Å². The van der Waals surface area contributed by atoms with Crippen molar-refractivity contribution in [3.05, 3.63) is 17.1 Å². The van der Waals surface area contributed by atoms with E-state index in [1.165, 1.54) is 0 Å². The van der Waals surface area contributed by atoms with E-state index < -0.39 is 0 Å². The molecule has 2 aromatic rings. The maximum atomic E-state index is 5.39. The monoisotopic (exact) mass is 266 g/mol. The van der Waals surface area contributed by atoms with E-state index in [9.17, 15) is 0 Å². The first kappa shape index (κ1) is 11.8. The van der Waals surface area contributed by atoms with Gasteiger partial charge in [-0.3, -0.25) is 0 Å². The Morgan fingerprint density at radius 2 is 2.50 bits per heavy atom. The molecule has 1 aliphatic heterocycles. The van der Waals surface area contributed by atoms with Gasteiger partial charge in [-0.05, 0) is 6.92 Å². The maximum Gasteiger partial charge on any atom is 0.228 e. The lowest BCUT2D eigenvalue weighted by atomic mass is 10.2. The summed E-state index contributed by atoms with van der Waals surface area (Å²) in [5.74, 6) is 1.26. The van der Waals surface area contributed by atoms with Gasteiger partial charge in [0, 0.05) is 25.2 Å². The fraction of sp³-hybridized carbons (Fsp3) is 0.545. The van der Waals surface area contributed by atoms with Crippen LogP contribution in [-0.4, -0.2) is 40.9 Å². The Bertz CT molecular complexity index is 519. The summed E-state index contributed by atoms with van der Waals surface area (Å²) in [7, 11) is 0. The molecule has 1 saturated heterocycles. The molecule has 6 nitrogen and oxygen atoms in total. The van der Waals surface area contributed by atoms with Crippen molar-refractivity contribution in [2.24, 2.45) is 0 Å². The molecule has 1 aliphatic rings. The molecular formula is C11H14N4O2S. The zero-order chi connectivity index (χ0) is 12.4. The number of aromatic nitrogens is 3. The van der Waals surface area contributed by atoms with Crippen molar-refractivity contribution in [3.8, 4) is 10.7 Å². The minimum atomic E-state index is 0.259. The first-order valence-corrected chi connectivity index (χ1v) is 6.69. The highest BCUT2D eigenvalue weighted by molar-refractivity contribution is 7.14. The Labute approximate surface area is 108 Å². The number of hydrogen-bond donors (Lipinski definition) is 1. The van der Waals surface area contributed by atoms with Gasteiger partial charge in [0.1, 0.15) is 0 Å². The van der Waals surface area contributed by atoms with Gasteiger partial charge in [0.15, 0.2) is 0 Å². The van der Waals surface area contributed by atoms with Crippen LogP contribution in [0.2, 0.25) is 0 Å². The van der Waals surface area contributed by atoms with E-state index in [1.807, 2.05) is 6.92 Å². The molecule has 0 aromatic carbocycles. The zero-order valence-electron chi connectivity index (χ0n) is 10.0.